The summed E-state index contributed by atoms with van der Waals surface area (Å²) in [6.45, 7) is 2.69. The number of ether oxygens (including phenoxy) is 1. The van der Waals surface area contributed by atoms with Crippen LogP contribution in [0.5, 0.6) is 0 Å². The third-order valence-electron chi connectivity index (χ3n) is 3.48. The van der Waals surface area contributed by atoms with Crippen LogP contribution in [0.1, 0.15) is 18.4 Å². The first-order valence-corrected chi connectivity index (χ1v) is 7.97. The van der Waals surface area contributed by atoms with Crippen LogP contribution in [-0.4, -0.2) is 38.7 Å². The molecule has 0 saturated heterocycles. The van der Waals surface area contributed by atoms with Crippen LogP contribution in [-0.2, 0) is 14.6 Å². The molecule has 3 atom stereocenters. The van der Waals surface area contributed by atoms with Crippen molar-refractivity contribution in [2.75, 3.05) is 19.5 Å². The van der Waals surface area contributed by atoms with Crippen molar-refractivity contribution in [2.24, 2.45) is 5.73 Å². The van der Waals surface area contributed by atoms with Crippen LogP contribution in [0.4, 0.5) is 0 Å². The van der Waals surface area contributed by atoms with E-state index in [4.69, 9.17) is 10.5 Å². The highest BCUT2D eigenvalue weighted by Crippen LogP contribution is 2.53. The zero-order valence-electron chi connectivity index (χ0n) is 10.7. The molecule has 1 saturated carbocycles. The number of rotatable bonds is 5. The van der Waals surface area contributed by atoms with Crippen LogP contribution in [0.3, 0.4) is 0 Å². The largest absolute Gasteiger partial charge is 0.380 e. The van der Waals surface area contributed by atoms with Crippen molar-refractivity contribution in [1.29, 1.82) is 0 Å². The maximum absolute atomic E-state index is 11.8. The Morgan fingerprint density at radius 1 is 1.33 bits per heavy atom. The topological polar surface area (TPSA) is 69.4 Å². The van der Waals surface area contributed by atoms with Gasteiger partial charge in [-0.1, -0.05) is 30.3 Å². The molecule has 0 aliphatic heterocycles. The van der Waals surface area contributed by atoms with E-state index in [0.29, 0.717) is 6.61 Å². The van der Waals surface area contributed by atoms with E-state index in [1.807, 2.05) is 37.3 Å². The number of hydrogen-bond acceptors (Lipinski definition) is 4. The molecule has 0 aromatic heterocycles. The van der Waals surface area contributed by atoms with E-state index in [0.717, 1.165) is 5.56 Å². The molecule has 0 unspecified atom stereocenters. The van der Waals surface area contributed by atoms with E-state index in [1.165, 1.54) is 6.26 Å². The average Bonchev–Trinajstić information content (AvgIpc) is 2.95. The lowest BCUT2D eigenvalue weighted by Crippen LogP contribution is -2.36. The molecule has 2 N–H and O–H groups in total. The average molecular weight is 269 g/mol. The summed E-state index contributed by atoms with van der Waals surface area (Å²) in [4.78, 5) is 0. The second-order valence-electron chi connectivity index (χ2n) is 4.89. The molecule has 0 radical (unpaired) electrons. The van der Waals surface area contributed by atoms with Gasteiger partial charge in [-0.15, -0.1) is 0 Å². The number of hydrogen-bond donors (Lipinski definition) is 1. The summed E-state index contributed by atoms with van der Waals surface area (Å²) in [5.74, 6) is -0.166. The lowest BCUT2D eigenvalue weighted by atomic mass is 10.1. The Kier molecular flexibility index (Phi) is 3.49. The second kappa shape index (κ2) is 4.64. The minimum absolute atomic E-state index is 0.166. The highest BCUT2D eigenvalue weighted by molar-refractivity contribution is 7.91. The molecule has 1 fully saturated rings. The minimum atomic E-state index is -3.17. The van der Waals surface area contributed by atoms with Crippen molar-refractivity contribution < 1.29 is 13.2 Å². The molecule has 0 amide bonds. The summed E-state index contributed by atoms with van der Waals surface area (Å²) < 4.78 is 29.0. The lowest BCUT2D eigenvalue weighted by Gasteiger charge is -2.11. The first-order valence-electron chi connectivity index (χ1n) is 6.01. The molecule has 0 heterocycles. The molecular formula is C13H19NO3S. The van der Waals surface area contributed by atoms with Gasteiger partial charge >= 0.3 is 0 Å². The van der Waals surface area contributed by atoms with Gasteiger partial charge in [-0.25, -0.2) is 8.42 Å². The fraction of sp³-hybridized carbons (Fsp3) is 0.538. The maximum Gasteiger partial charge on any atom is 0.152 e. The third kappa shape index (κ3) is 2.30. The van der Waals surface area contributed by atoms with Crippen molar-refractivity contribution in [3.8, 4) is 0 Å². The third-order valence-corrected chi connectivity index (χ3v) is 5.11. The summed E-state index contributed by atoms with van der Waals surface area (Å²) in [5, 5.41) is -0.543. The minimum Gasteiger partial charge on any atom is -0.380 e. The Labute approximate surface area is 108 Å². The summed E-state index contributed by atoms with van der Waals surface area (Å²) in [7, 11) is -3.17. The van der Waals surface area contributed by atoms with E-state index in [2.05, 4.69) is 0 Å². The van der Waals surface area contributed by atoms with Gasteiger partial charge in [-0.2, -0.15) is 0 Å². The van der Waals surface area contributed by atoms with E-state index >= 15 is 0 Å². The van der Waals surface area contributed by atoms with Gasteiger partial charge in [0.05, 0.1) is 17.4 Å². The summed E-state index contributed by atoms with van der Waals surface area (Å²) in [5.41, 5.74) is 6.42. The first kappa shape index (κ1) is 13.5. The van der Waals surface area contributed by atoms with Gasteiger partial charge in [-0.3, -0.25) is 0 Å². The molecule has 1 aliphatic carbocycles. The van der Waals surface area contributed by atoms with Crippen molar-refractivity contribution in [3.63, 3.8) is 0 Å². The molecule has 5 heteroatoms. The predicted octanol–water partition coefficient (Wildman–Crippen LogP) is 0.931. The van der Waals surface area contributed by atoms with Gasteiger partial charge in [0.25, 0.3) is 0 Å². The van der Waals surface area contributed by atoms with Gasteiger partial charge in [0.15, 0.2) is 9.84 Å². The first-order chi connectivity index (χ1) is 8.41. The summed E-state index contributed by atoms with van der Waals surface area (Å²) in [6.07, 6.45) is 1.24. The molecule has 100 valence electrons. The summed E-state index contributed by atoms with van der Waals surface area (Å²) >= 11 is 0. The van der Waals surface area contributed by atoms with Gasteiger partial charge in [0.2, 0.25) is 0 Å². The van der Waals surface area contributed by atoms with E-state index in [1.54, 1.807) is 0 Å². The lowest BCUT2D eigenvalue weighted by molar-refractivity contribution is 0.125. The molecule has 2 rings (SSSR count). The summed E-state index contributed by atoms with van der Waals surface area (Å²) in [6, 6.07) is 9.54. The number of benzene rings is 1. The Hall–Kier alpha value is -0.910. The van der Waals surface area contributed by atoms with Crippen LogP contribution < -0.4 is 5.73 Å². The zero-order valence-corrected chi connectivity index (χ0v) is 11.5. The fourth-order valence-corrected chi connectivity index (χ4v) is 4.50. The predicted molar refractivity (Wildman–Crippen MR) is 71.2 cm³/mol. The Bertz CT molecular complexity index is 514. The van der Waals surface area contributed by atoms with Gasteiger partial charge in [0.1, 0.15) is 0 Å². The van der Waals surface area contributed by atoms with Crippen LogP contribution in [0.15, 0.2) is 30.3 Å². The quantitative estimate of drug-likeness (QED) is 0.863. The highest BCUT2D eigenvalue weighted by Gasteiger charge is 2.67. The fourth-order valence-electron chi connectivity index (χ4n) is 2.66. The Morgan fingerprint density at radius 3 is 2.44 bits per heavy atom. The molecule has 1 aromatic rings. The van der Waals surface area contributed by atoms with Crippen LogP contribution in [0, 0.1) is 0 Å². The van der Waals surface area contributed by atoms with E-state index < -0.39 is 20.6 Å². The molecule has 1 aliphatic rings. The molecular weight excluding hydrogens is 250 g/mol. The van der Waals surface area contributed by atoms with Gasteiger partial charge in [0, 0.05) is 18.8 Å². The molecule has 4 nitrogen and oxygen atoms in total. The smallest absolute Gasteiger partial charge is 0.152 e. The van der Waals surface area contributed by atoms with Crippen molar-refractivity contribution >= 4 is 9.84 Å². The Balaban J connectivity index is 2.29. The number of sulfone groups is 1. The van der Waals surface area contributed by atoms with E-state index in [9.17, 15) is 8.42 Å². The highest BCUT2D eigenvalue weighted by atomic mass is 32.2. The van der Waals surface area contributed by atoms with Crippen LogP contribution >= 0.6 is 0 Å². The van der Waals surface area contributed by atoms with Crippen LogP contribution in [0.25, 0.3) is 0 Å². The number of nitrogens with two attached hydrogens (primary N) is 1. The van der Waals surface area contributed by atoms with Crippen LogP contribution in [0.2, 0.25) is 0 Å². The van der Waals surface area contributed by atoms with Crippen molar-refractivity contribution in [1.82, 2.24) is 0 Å². The van der Waals surface area contributed by atoms with Crippen molar-refractivity contribution in [3.05, 3.63) is 35.9 Å². The zero-order chi connectivity index (χ0) is 13.4. The maximum atomic E-state index is 11.8. The molecule has 0 spiro atoms. The van der Waals surface area contributed by atoms with Gasteiger partial charge < -0.3 is 10.5 Å². The standard InChI is InChI=1S/C13H19NO3S/c1-3-17-9-13(14)11(12(13)18(2,15)16)10-7-5-4-6-8-10/h4-8,11-12H,3,9,14H2,1-2H3/t11-,12+,13-/m0/s1. The second-order valence-corrected chi connectivity index (χ2v) is 7.05. The Morgan fingerprint density at radius 2 is 1.94 bits per heavy atom. The van der Waals surface area contributed by atoms with E-state index in [-0.39, 0.29) is 12.5 Å². The molecule has 1 aromatic carbocycles. The molecule has 0 bridgehead atoms. The monoisotopic (exact) mass is 269 g/mol. The normalized spacial score (nSPS) is 31.3. The van der Waals surface area contributed by atoms with Gasteiger partial charge in [-0.05, 0) is 12.5 Å². The SMILES string of the molecule is CCOC[C@@]1(N)[C@H](S(C)(=O)=O)[C@@H]1c1ccccc1. The molecule has 18 heavy (non-hydrogen) atoms. The van der Waals surface area contributed by atoms with Crippen molar-refractivity contribution in [2.45, 2.75) is 23.6 Å².